The molecule has 6 nitrogen and oxygen atoms in total. The molecular weight excluding hydrogens is 392 g/mol. The number of halogens is 3. The molecule has 0 aliphatic carbocycles. The summed E-state index contributed by atoms with van der Waals surface area (Å²) in [6.07, 6.45) is 3.11. The Balaban J connectivity index is 1.63. The number of amides is 1. The van der Waals surface area contributed by atoms with Crippen molar-refractivity contribution in [2.45, 2.75) is 13.0 Å². The van der Waals surface area contributed by atoms with Crippen LogP contribution in [-0.4, -0.2) is 27.4 Å². The number of esters is 1. The fraction of sp³-hybridized carbons (Fsp3) is 0.105. The molecule has 1 N–H and O–H groups in total. The Morgan fingerprint density at radius 1 is 1.25 bits per heavy atom. The van der Waals surface area contributed by atoms with Crippen molar-refractivity contribution in [3.05, 3.63) is 71.2 Å². The Morgan fingerprint density at radius 2 is 2.04 bits per heavy atom. The SMILES string of the molecule is C[C@H](OC(=O)/C=C/c1c(Cl)nc2ccccn12)C(=O)Nc1ccc(F)c(F)c1. The first-order valence-electron chi connectivity index (χ1n) is 8.12. The third-order valence-corrected chi connectivity index (χ3v) is 4.03. The quantitative estimate of drug-likeness (QED) is 0.517. The van der Waals surface area contributed by atoms with E-state index in [1.807, 2.05) is 0 Å². The number of rotatable bonds is 5. The van der Waals surface area contributed by atoms with Crippen LogP contribution < -0.4 is 5.32 Å². The third-order valence-electron chi connectivity index (χ3n) is 3.75. The van der Waals surface area contributed by atoms with Gasteiger partial charge in [-0.1, -0.05) is 17.7 Å². The van der Waals surface area contributed by atoms with Gasteiger partial charge < -0.3 is 10.1 Å². The molecule has 2 aromatic heterocycles. The minimum Gasteiger partial charge on any atom is -0.449 e. The number of benzene rings is 1. The fourth-order valence-corrected chi connectivity index (χ4v) is 2.61. The summed E-state index contributed by atoms with van der Waals surface area (Å²) < 4.78 is 32.8. The number of carbonyl (C=O) groups is 2. The lowest BCUT2D eigenvalue weighted by Crippen LogP contribution is -2.29. The summed E-state index contributed by atoms with van der Waals surface area (Å²) in [7, 11) is 0. The van der Waals surface area contributed by atoms with Crippen LogP contribution in [0.25, 0.3) is 11.7 Å². The van der Waals surface area contributed by atoms with Crippen LogP contribution in [0, 0.1) is 11.6 Å². The zero-order valence-corrected chi connectivity index (χ0v) is 15.3. The molecule has 144 valence electrons. The van der Waals surface area contributed by atoms with Gasteiger partial charge >= 0.3 is 5.97 Å². The maximum Gasteiger partial charge on any atom is 0.331 e. The summed E-state index contributed by atoms with van der Waals surface area (Å²) in [4.78, 5) is 28.2. The second-order valence-electron chi connectivity index (χ2n) is 5.75. The Morgan fingerprint density at radius 3 is 2.79 bits per heavy atom. The van der Waals surface area contributed by atoms with Crippen molar-refractivity contribution < 1.29 is 23.1 Å². The molecule has 0 radical (unpaired) electrons. The Bertz CT molecular complexity index is 1080. The van der Waals surface area contributed by atoms with Crippen molar-refractivity contribution in [1.82, 2.24) is 9.38 Å². The van der Waals surface area contributed by atoms with Gasteiger partial charge in [-0.05, 0) is 37.3 Å². The molecule has 0 spiro atoms. The molecule has 0 bridgehead atoms. The van der Waals surface area contributed by atoms with Crippen LogP contribution in [0.4, 0.5) is 14.5 Å². The molecule has 0 fully saturated rings. The highest BCUT2D eigenvalue weighted by atomic mass is 35.5. The van der Waals surface area contributed by atoms with Crippen LogP contribution in [0.2, 0.25) is 5.15 Å². The molecule has 1 aromatic carbocycles. The highest BCUT2D eigenvalue weighted by Gasteiger charge is 2.17. The van der Waals surface area contributed by atoms with Crippen LogP contribution in [0.3, 0.4) is 0 Å². The number of carbonyl (C=O) groups excluding carboxylic acids is 2. The molecule has 3 rings (SSSR count). The van der Waals surface area contributed by atoms with E-state index >= 15 is 0 Å². The number of hydrogen-bond acceptors (Lipinski definition) is 4. The Hall–Kier alpha value is -3.26. The molecule has 28 heavy (non-hydrogen) atoms. The van der Waals surface area contributed by atoms with E-state index < -0.39 is 29.6 Å². The molecule has 0 unspecified atom stereocenters. The summed E-state index contributed by atoms with van der Waals surface area (Å²) in [5, 5.41) is 2.54. The number of nitrogens with zero attached hydrogens (tertiary/aromatic N) is 2. The molecule has 2 heterocycles. The lowest BCUT2D eigenvalue weighted by atomic mass is 10.2. The molecule has 0 saturated heterocycles. The minimum absolute atomic E-state index is 0.0415. The monoisotopic (exact) mass is 405 g/mol. The van der Waals surface area contributed by atoms with Gasteiger partial charge in [-0.3, -0.25) is 9.20 Å². The van der Waals surface area contributed by atoms with E-state index in [0.29, 0.717) is 11.3 Å². The van der Waals surface area contributed by atoms with Crippen molar-refractivity contribution >= 4 is 40.9 Å². The van der Waals surface area contributed by atoms with Gasteiger partial charge in [-0.25, -0.2) is 18.6 Å². The van der Waals surface area contributed by atoms with Gasteiger partial charge in [0.05, 0.1) is 5.69 Å². The lowest BCUT2D eigenvalue weighted by molar-refractivity contribution is -0.148. The average molecular weight is 406 g/mol. The van der Waals surface area contributed by atoms with Gasteiger partial charge in [-0.15, -0.1) is 0 Å². The van der Waals surface area contributed by atoms with E-state index in [2.05, 4.69) is 10.3 Å². The standard InChI is InChI=1S/C19H14ClF2N3O3/c1-11(19(27)23-12-5-6-13(21)14(22)10-12)28-17(26)8-7-15-18(20)24-16-4-2-3-9-25(15)16/h2-11H,1H3,(H,23,27)/b8-7+/t11-/m0/s1. The zero-order chi connectivity index (χ0) is 20.3. The van der Waals surface area contributed by atoms with E-state index in [1.54, 1.807) is 28.8 Å². The molecule has 0 aliphatic heterocycles. The minimum atomic E-state index is -1.16. The topological polar surface area (TPSA) is 72.7 Å². The maximum absolute atomic E-state index is 13.2. The smallest absolute Gasteiger partial charge is 0.331 e. The van der Waals surface area contributed by atoms with Crippen LogP contribution in [0.5, 0.6) is 0 Å². The first kappa shape index (κ1) is 19.5. The largest absolute Gasteiger partial charge is 0.449 e. The fourth-order valence-electron chi connectivity index (χ4n) is 2.37. The number of aromatic nitrogens is 2. The second-order valence-corrected chi connectivity index (χ2v) is 6.11. The van der Waals surface area contributed by atoms with E-state index in [4.69, 9.17) is 16.3 Å². The maximum atomic E-state index is 13.2. The van der Waals surface area contributed by atoms with Crippen molar-refractivity contribution in [1.29, 1.82) is 0 Å². The molecule has 9 heteroatoms. The van der Waals surface area contributed by atoms with Crippen molar-refractivity contribution in [2.75, 3.05) is 5.32 Å². The number of nitrogens with one attached hydrogen (secondary N) is 1. The van der Waals surface area contributed by atoms with Gasteiger partial charge in [0.15, 0.2) is 22.9 Å². The van der Waals surface area contributed by atoms with Crippen LogP contribution in [-0.2, 0) is 14.3 Å². The third kappa shape index (κ3) is 4.34. The Kier molecular flexibility index (Phi) is 5.70. The second kappa shape index (κ2) is 8.18. The van der Waals surface area contributed by atoms with Crippen molar-refractivity contribution in [3.8, 4) is 0 Å². The van der Waals surface area contributed by atoms with E-state index in [-0.39, 0.29) is 10.8 Å². The number of imidazole rings is 1. The molecular formula is C19H14ClF2N3O3. The van der Waals surface area contributed by atoms with E-state index in [1.165, 1.54) is 19.1 Å². The predicted octanol–water partition coefficient (Wildman–Crippen LogP) is 3.85. The summed E-state index contributed by atoms with van der Waals surface area (Å²) in [6, 6.07) is 8.24. The number of fused-ring (bicyclic) bond motifs is 1. The van der Waals surface area contributed by atoms with E-state index in [9.17, 15) is 18.4 Å². The number of hydrogen-bond donors (Lipinski definition) is 1. The van der Waals surface area contributed by atoms with Gasteiger partial charge in [0, 0.05) is 24.0 Å². The first-order chi connectivity index (χ1) is 13.3. The molecule has 0 saturated carbocycles. The van der Waals surface area contributed by atoms with Crippen LogP contribution >= 0.6 is 11.6 Å². The van der Waals surface area contributed by atoms with E-state index in [0.717, 1.165) is 18.2 Å². The summed E-state index contributed by atoms with van der Waals surface area (Å²) in [5.41, 5.74) is 1.13. The number of ether oxygens (including phenoxy) is 1. The molecule has 3 aromatic rings. The highest BCUT2D eigenvalue weighted by Crippen LogP contribution is 2.19. The molecule has 0 aliphatic rings. The number of anilines is 1. The summed E-state index contributed by atoms with van der Waals surface area (Å²) >= 11 is 6.06. The predicted molar refractivity (Wildman–Crippen MR) is 99.8 cm³/mol. The van der Waals surface area contributed by atoms with Gasteiger partial charge in [-0.2, -0.15) is 0 Å². The molecule has 1 atom stereocenters. The summed E-state index contributed by atoms with van der Waals surface area (Å²) in [6.45, 7) is 1.35. The van der Waals surface area contributed by atoms with Crippen LogP contribution in [0.1, 0.15) is 12.6 Å². The van der Waals surface area contributed by atoms with Gasteiger partial charge in [0.1, 0.15) is 5.65 Å². The number of pyridine rings is 1. The zero-order valence-electron chi connectivity index (χ0n) is 14.5. The van der Waals surface area contributed by atoms with Crippen LogP contribution in [0.15, 0.2) is 48.7 Å². The average Bonchev–Trinajstić information content (AvgIpc) is 2.98. The van der Waals surface area contributed by atoms with Gasteiger partial charge in [0.25, 0.3) is 5.91 Å². The van der Waals surface area contributed by atoms with Crippen molar-refractivity contribution in [3.63, 3.8) is 0 Å². The van der Waals surface area contributed by atoms with Gasteiger partial charge in [0.2, 0.25) is 0 Å². The normalized spacial score (nSPS) is 12.3. The first-order valence-corrected chi connectivity index (χ1v) is 8.50. The molecule has 1 amide bonds. The Labute approximate surface area is 163 Å². The summed E-state index contributed by atoms with van der Waals surface area (Å²) in [5.74, 6) is -3.61. The lowest BCUT2D eigenvalue weighted by Gasteiger charge is -2.12. The van der Waals surface area contributed by atoms with Crippen molar-refractivity contribution in [2.24, 2.45) is 0 Å². The highest BCUT2D eigenvalue weighted by molar-refractivity contribution is 6.31.